The molecule has 0 aromatic heterocycles. The van der Waals surface area contributed by atoms with E-state index in [2.05, 4.69) is 10.0 Å². The number of amides is 1. The maximum atomic E-state index is 13.1. The molecule has 3 rings (SSSR count). The summed E-state index contributed by atoms with van der Waals surface area (Å²) >= 11 is 13.7. The SMILES string of the molecule is Cc1ccc(C)c(NS(=O)(=O)c2cc(C(=O)NCCSCc3ccc(Cl)cc3Cl)ccc2C)c1. The van der Waals surface area contributed by atoms with Gasteiger partial charge in [-0.3, -0.25) is 9.52 Å². The molecule has 1 amide bonds. The van der Waals surface area contributed by atoms with Gasteiger partial charge >= 0.3 is 0 Å². The lowest BCUT2D eigenvalue weighted by molar-refractivity contribution is 0.0956. The van der Waals surface area contributed by atoms with Gasteiger partial charge in [-0.1, -0.05) is 47.5 Å². The quantitative estimate of drug-likeness (QED) is 0.311. The lowest BCUT2D eigenvalue weighted by Crippen LogP contribution is -2.26. The van der Waals surface area contributed by atoms with E-state index in [9.17, 15) is 13.2 Å². The van der Waals surface area contributed by atoms with Crippen LogP contribution in [0.25, 0.3) is 0 Å². The predicted octanol–water partition coefficient (Wildman–Crippen LogP) is 6.38. The van der Waals surface area contributed by atoms with E-state index < -0.39 is 10.0 Å². The molecule has 0 aliphatic heterocycles. The highest BCUT2D eigenvalue weighted by atomic mass is 35.5. The fourth-order valence-corrected chi connectivity index (χ4v) is 6.05. The first kappa shape index (κ1) is 26.4. The van der Waals surface area contributed by atoms with Gasteiger partial charge in [0.05, 0.1) is 10.6 Å². The Morgan fingerprint density at radius 1 is 0.941 bits per heavy atom. The van der Waals surface area contributed by atoms with Crippen molar-refractivity contribution in [1.29, 1.82) is 0 Å². The second-order valence-corrected chi connectivity index (χ2v) is 11.5. The zero-order chi connectivity index (χ0) is 24.9. The maximum absolute atomic E-state index is 13.1. The average molecular weight is 538 g/mol. The van der Waals surface area contributed by atoms with Crippen LogP contribution in [0.4, 0.5) is 5.69 Å². The van der Waals surface area contributed by atoms with Crippen LogP contribution in [0, 0.1) is 20.8 Å². The van der Waals surface area contributed by atoms with Crippen LogP contribution in [-0.2, 0) is 15.8 Å². The lowest BCUT2D eigenvalue weighted by Gasteiger charge is -2.14. The molecule has 0 heterocycles. The topological polar surface area (TPSA) is 75.3 Å². The van der Waals surface area contributed by atoms with Gasteiger partial charge in [-0.25, -0.2) is 8.42 Å². The fourth-order valence-electron chi connectivity index (χ4n) is 3.24. The fraction of sp³-hybridized carbons (Fsp3) is 0.240. The summed E-state index contributed by atoms with van der Waals surface area (Å²) in [6.07, 6.45) is 0. The zero-order valence-corrected chi connectivity index (χ0v) is 22.3. The molecule has 0 fully saturated rings. The molecule has 0 bridgehead atoms. The van der Waals surface area contributed by atoms with Gasteiger partial charge in [-0.15, -0.1) is 0 Å². The van der Waals surface area contributed by atoms with E-state index >= 15 is 0 Å². The first-order valence-electron chi connectivity index (χ1n) is 10.6. The number of carbonyl (C=O) groups excluding carboxylic acids is 1. The minimum absolute atomic E-state index is 0.0767. The first-order valence-corrected chi connectivity index (χ1v) is 14.0. The van der Waals surface area contributed by atoms with Crippen molar-refractivity contribution in [2.45, 2.75) is 31.4 Å². The first-order chi connectivity index (χ1) is 16.1. The molecule has 0 radical (unpaired) electrons. The molecule has 9 heteroatoms. The van der Waals surface area contributed by atoms with E-state index in [1.54, 1.807) is 49.0 Å². The molecular formula is C25H26Cl2N2O3S2. The van der Waals surface area contributed by atoms with Crippen molar-refractivity contribution in [2.75, 3.05) is 17.0 Å². The third kappa shape index (κ3) is 6.92. The number of thioether (sulfide) groups is 1. The number of halogens is 2. The largest absolute Gasteiger partial charge is 0.351 e. The summed E-state index contributed by atoms with van der Waals surface area (Å²) in [6, 6.07) is 15.6. The number of rotatable bonds is 9. The van der Waals surface area contributed by atoms with E-state index in [-0.39, 0.29) is 16.4 Å². The molecule has 0 unspecified atom stereocenters. The van der Waals surface area contributed by atoms with Crippen LogP contribution in [0.3, 0.4) is 0 Å². The molecule has 5 nitrogen and oxygen atoms in total. The van der Waals surface area contributed by atoms with Crippen LogP contribution in [0.1, 0.15) is 32.6 Å². The minimum Gasteiger partial charge on any atom is -0.351 e. The Balaban J connectivity index is 1.62. The number of anilines is 1. The second kappa shape index (κ2) is 11.5. The Labute approximate surface area is 215 Å². The molecule has 0 atom stereocenters. The highest BCUT2D eigenvalue weighted by molar-refractivity contribution is 7.98. The zero-order valence-electron chi connectivity index (χ0n) is 19.1. The van der Waals surface area contributed by atoms with Gasteiger partial charge in [-0.2, -0.15) is 11.8 Å². The van der Waals surface area contributed by atoms with E-state index in [1.165, 1.54) is 6.07 Å². The number of carbonyl (C=O) groups is 1. The molecular weight excluding hydrogens is 511 g/mol. The summed E-state index contributed by atoms with van der Waals surface area (Å²) in [5.41, 5.74) is 4.11. The second-order valence-electron chi connectivity index (χ2n) is 7.95. The highest BCUT2D eigenvalue weighted by Gasteiger charge is 2.20. The number of hydrogen-bond donors (Lipinski definition) is 2. The predicted molar refractivity (Wildman–Crippen MR) is 143 cm³/mol. The van der Waals surface area contributed by atoms with Crippen LogP contribution >= 0.6 is 35.0 Å². The monoisotopic (exact) mass is 536 g/mol. The van der Waals surface area contributed by atoms with E-state index in [0.717, 1.165) is 16.7 Å². The van der Waals surface area contributed by atoms with Gasteiger partial charge in [0.1, 0.15) is 0 Å². The molecule has 3 aromatic rings. The molecule has 0 aliphatic carbocycles. The van der Waals surface area contributed by atoms with Crippen molar-refractivity contribution in [2.24, 2.45) is 0 Å². The number of nitrogens with one attached hydrogen (secondary N) is 2. The van der Waals surface area contributed by atoms with Gasteiger partial charge in [0.25, 0.3) is 15.9 Å². The molecule has 0 saturated heterocycles. The third-order valence-electron chi connectivity index (χ3n) is 5.18. The standard InChI is InChI=1S/C25H26Cl2N2O3S2/c1-16-4-5-17(2)23(12-16)29-34(31,32)24-13-19(7-6-18(24)3)25(30)28-10-11-33-15-20-8-9-21(26)14-22(20)27/h4-9,12-14,29H,10-11,15H2,1-3H3,(H,28,30). The van der Waals surface area contributed by atoms with Crippen molar-refractivity contribution in [3.05, 3.63) is 92.5 Å². The molecule has 2 N–H and O–H groups in total. The van der Waals surface area contributed by atoms with Crippen LogP contribution in [0.15, 0.2) is 59.5 Å². The number of sulfonamides is 1. The Morgan fingerprint density at radius 3 is 2.41 bits per heavy atom. The van der Waals surface area contributed by atoms with Crippen LogP contribution in [-0.4, -0.2) is 26.6 Å². The van der Waals surface area contributed by atoms with Crippen molar-refractivity contribution in [3.63, 3.8) is 0 Å². The maximum Gasteiger partial charge on any atom is 0.262 e. The Hall–Kier alpha value is -2.19. The Bertz CT molecular complexity index is 1310. The van der Waals surface area contributed by atoms with E-state index in [0.29, 0.717) is 39.3 Å². The van der Waals surface area contributed by atoms with Crippen LogP contribution in [0.2, 0.25) is 10.0 Å². The van der Waals surface area contributed by atoms with Gasteiger partial charge in [0, 0.05) is 33.7 Å². The van der Waals surface area contributed by atoms with Crippen molar-refractivity contribution in [3.8, 4) is 0 Å². The average Bonchev–Trinajstić information content (AvgIpc) is 2.77. The Kier molecular flexibility index (Phi) is 8.93. The molecule has 34 heavy (non-hydrogen) atoms. The summed E-state index contributed by atoms with van der Waals surface area (Å²) < 4.78 is 28.8. The number of hydrogen-bond acceptors (Lipinski definition) is 4. The normalized spacial score (nSPS) is 11.3. The summed E-state index contributed by atoms with van der Waals surface area (Å²) in [4.78, 5) is 12.7. The number of aryl methyl sites for hydroxylation is 3. The third-order valence-corrected chi connectivity index (χ3v) is 8.28. The smallest absolute Gasteiger partial charge is 0.262 e. The summed E-state index contributed by atoms with van der Waals surface area (Å²) in [6.45, 7) is 5.88. The van der Waals surface area contributed by atoms with Gasteiger partial charge in [0.15, 0.2) is 0 Å². The lowest BCUT2D eigenvalue weighted by atomic mass is 10.1. The van der Waals surface area contributed by atoms with Crippen LogP contribution in [0.5, 0.6) is 0 Å². The highest BCUT2D eigenvalue weighted by Crippen LogP contribution is 2.25. The molecule has 0 saturated carbocycles. The molecule has 180 valence electrons. The Morgan fingerprint density at radius 2 is 1.68 bits per heavy atom. The molecule has 3 aromatic carbocycles. The van der Waals surface area contributed by atoms with E-state index in [4.69, 9.17) is 23.2 Å². The summed E-state index contributed by atoms with van der Waals surface area (Å²) in [5.74, 6) is 1.05. The van der Waals surface area contributed by atoms with Crippen molar-refractivity contribution >= 4 is 56.6 Å². The molecule has 0 aliphatic rings. The van der Waals surface area contributed by atoms with Crippen LogP contribution < -0.4 is 10.0 Å². The summed E-state index contributed by atoms with van der Waals surface area (Å²) in [5, 5.41) is 4.05. The van der Waals surface area contributed by atoms with Gasteiger partial charge < -0.3 is 5.32 Å². The minimum atomic E-state index is -3.86. The van der Waals surface area contributed by atoms with Crippen molar-refractivity contribution < 1.29 is 13.2 Å². The number of benzene rings is 3. The molecule has 0 spiro atoms. The van der Waals surface area contributed by atoms with Gasteiger partial charge in [0.2, 0.25) is 0 Å². The summed E-state index contributed by atoms with van der Waals surface area (Å²) in [7, 11) is -3.86. The van der Waals surface area contributed by atoms with E-state index in [1.807, 2.05) is 32.0 Å². The van der Waals surface area contributed by atoms with Gasteiger partial charge in [-0.05, 0) is 73.4 Å². The van der Waals surface area contributed by atoms with Crippen molar-refractivity contribution in [1.82, 2.24) is 5.32 Å².